The van der Waals surface area contributed by atoms with Crippen LogP contribution in [0.2, 0.25) is 0 Å². The molecule has 1 aromatic heterocycles. The lowest BCUT2D eigenvalue weighted by atomic mass is 10.1. The van der Waals surface area contributed by atoms with Gasteiger partial charge in [-0.25, -0.2) is 0 Å². The molecule has 0 spiro atoms. The molecule has 0 atom stereocenters. The first-order valence-corrected chi connectivity index (χ1v) is 7.95. The molecule has 1 aliphatic rings. The van der Waals surface area contributed by atoms with E-state index < -0.39 is 0 Å². The molecule has 4 nitrogen and oxygen atoms in total. The first-order valence-electron chi connectivity index (χ1n) is 7.95. The van der Waals surface area contributed by atoms with E-state index >= 15 is 0 Å². The number of anilines is 1. The summed E-state index contributed by atoms with van der Waals surface area (Å²) in [6.45, 7) is 4.52. The summed E-state index contributed by atoms with van der Waals surface area (Å²) in [4.78, 5) is 4.40. The highest BCUT2D eigenvalue weighted by molar-refractivity contribution is 5.36. The molecule has 1 aromatic rings. The van der Waals surface area contributed by atoms with Crippen molar-refractivity contribution < 1.29 is 4.74 Å². The van der Waals surface area contributed by atoms with Crippen LogP contribution in [0.5, 0.6) is 5.88 Å². The van der Waals surface area contributed by atoms with Gasteiger partial charge < -0.3 is 15.4 Å². The van der Waals surface area contributed by atoms with Crippen LogP contribution in [-0.2, 0) is 0 Å². The van der Waals surface area contributed by atoms with Crippen molar-refractivity contribution >= 4 is 5.82 Å². The number of nitrogens with zero attached hydrogens (tertiary/aromatic N) is 1. The van der Waals surface area contributed by atoms with Gasteiger partial charge in [0.25, 0.3) is 0 Å². The fraction of sp³-hybridized carbons (Fsp3) is 0.688. The lowest BCUT2D eigenvalue weighted by Gasteiger charge is -2.16. The van der Waals surface area contributed by atoms with Crippen LogP contribution in [0.4, 0.5) is 5.82 Å². The van der Waals surface area contributed by atoms with Crippen LogP contribution in [0.3, 0.4) is 0 Å². The van der Waals surface area contributed by atoms with Crippen molar-refractivity contribution in [3.63, 3.8) is 0 Å². The number of hydrogen-bond donors (Lipinski definition) is 2. The summed E-state index contributed by atoms with van der Waals surface area (Å²) in [5.41, 5.74) is 0. The minimum Gasteiger partial charge on any atom is -0.478 e. The third-order valence-electron chi connectivity index (χ3n) is 3.74. The summed E-state index contributed by atoms with van der Waals surface area (Å²) in [6, 6.07) is 6.55. The van der Waals surface area contributed by atoms with Crippen molar-refractivity contribution in [1.29, 1.82) is 0 Å². The maximum absolute atomic E-state index is 5.40. The molecule has 2 N–H and O–H groups in total. The highest BCUT2D eigenvalue weighted by Gasteiger charge is 2.10. The Hall–Kier alpha value is -1.29. The van der Waals surface area contributed by atoms with Gasteiger partial charge in [0, 0.05) is 25.2 Å². The molecule has 0 aromatic carbocycles. The summed E-state index contributed by atoms with van der Waals surface area (Å²) >= 11 is 0. The topological polar surface area (TPSA) is 46.2 Å². The minimum absolute atomic E-state index is 0.652. The fourth-order valence-electron chi connectivity index (χ4n) is 2.69. The predicted molar refractivity (Wildman–Crippen MR) is 83.4 cm³/mol. The average molecular weight is 277 g/mol. The van der Waals surface area contributed by atoms with E-state index in [9.17, 15) is 0 Å². The summed E-state index contributed by atoms with van der Waals surface area (Å²) < 4.78 is 5.40. The smallest absolute Gasteiger partial charge is 0.215 e. The molecule has 0 bridgehead atoms. The molecular weight excluding hydrogens is 250 g/mol. The van der Waals surface area contributed by atoms with Gasteiger partial charge in [-0.3, -0.25) is 0 Å². The molecule has 0 amide bonds. The first kappa shape index (κ1) is 15.1. The Bertz CT molecular complexity index is 376. The molecule has 1 aliphatic carbocycles. The van der Waals surface area contributed by atoms with E-state index in [1.54, 1.807) is 0 Å². The lowest BCUT2D eigenvalue weighted by molar-refractivity contribution is 0.327. The molecule has 1 heterocycles. The summed E-state index contributed by atoms with van der Waals surface area (Å²) in [7, 11) is 0. The van der Waals surface area contributed by atoms with Gasteiger partial charge in [0.05, 0.1) is 6.61 Å². The van der Waals surface area contributed by atoms with Crippen molar-refractivity contribution in [2.24, 2.45) is 0 Å². The Morgan fingerprint density at radius 3 is 2.70 bits per heavy atom. The van der Waals surface area contributed by atoms with Crippen LogP contribution in [0, 0.1) is 0 Å². The molecule has 112 valence electrons. The van der Waals surface area contributed by atoms with Crippen LogP contribution in [0.15, 0.2) is 18.2 Å². The Balaban J connectivity index is 1.66. The molecule has 4 heteroatoms. The Morgan fingerprint density at radius 2 is 1.95 bits per heavy atom. The van der Waals surface area contributed by atoms with E-state index in [-0.39, 0.29) is 0 Å². The fourth-order valence-corrected chi connectivity index (χ4v) is 2.69. The lowest BCUT2D eigenvalue weighted by Crippen LogP contribution is -2.32. The second-order valence-electron chi connectivity index (χ2n) is 5.36. The van der Waals surface area contributed by atoms with E-state index in [0.29, 0.717) is 18.5 Å². The summed E-state index contributed by atoms with van der Waals surface area (Å²) in [6.07, 6.45) is 8.23. The Morgan fingerprint density at radius 1 is 1.15 bits per heavy atom. The van der Waals surface area contributed by atoms with Crippen LogP contribution in [-0.4, -0.2) is 30.7 Å². The van der Waals surface area contributed by atoms with Crippen molar-refractivity contribution in [1.82, 2.24) is 10.3 Å². The quantitative estimate of drug-likeness (QED) is 0.593. The van der Waals surface area contributed by atoms with Crippen molar-refractivity contribution in [2.75, 3.05) is 25.0 Å². The maximum Gasteiger partial charge on any atom is 0.215 e. The molecule has 1 fully saturated rings. The molecule has 0 saturated heterocycles. The van der Waals surface area contributed by atoms with Crippen LogP contribution >= 0.6 is 0 Å². The van der Waals surface area contributed by atoms with Crippen LogP contribution in [0.25, 0.3) is 0 Å². The standard InChI is InChI=1S/C16H27N3O/c1-2-20-16-11-7-10-15(19-16)18-13-12-17-14-8-5-3-4-6-9-14/h7,10-11,14,17H,2-6,8-9,12-13H2,1H3,(H,18,19). The second-order valence-corrected chi connectivity index (χ2v) is 5.36. The molecule has 2 rings (SSSR count). The normalized spacial score (nSPS) is 16.6. The van der Waals surface area contributed by atoms with Gasteiger partial charge in [0.1, 0.15) is 5.82 Å². The van der Waals surface area contributed by atoms with Gasteiger partial charge in [-0.2, -0.15) is 4.98 Å². The SMILES string of the molecule is CCOc1cccc(NCCNC2CCCCCC2)n1. The van der Waals surface area contributed by atoms with Gasteiger partial charge in [-0.05, 0) is 25.8 Å². The van der Waals surface area contributed by atoms with Crippen molar-refractivity contribution in [2.45, 2.75) is 51.5 Å². The number of nitrogens with one attached hydrogen (secondary N) is 2. The van der Waals surface area contributed by atoms with Gasteiger partial charge in [-0.1, -0.05) is 31.7 Å². The monoisotopic (exact) mass is 277 g/mol. The van der Waals surface area contributed by atoms with E-state index in [2.05, 4.69) is 15.6 Å². The zero-order valence-electron chi connectivity index (χ0n) is 12.5. The summed E-state index contributed by atoms with van der Waals surface area (Å²) in [5.74, 6) is 1.58. The van der Waals surface area contributed by atoms with E-state index in [0.717, 1.165) is 18.9 Å². The highest BCUT2D eigenvalue weighted by atomic mass is 16.5. The molecular formula is C16H27N3O. The van der Waals surface area contributed by atoms with E-state index in [1.807, 2.05) is 25.1 Å². The van der Waals surface area contributed by atoms with Gasteiger partial charge in [-0.15, -0.1) is 0 Å². The predicted octanol–water partition coefficient (Wildman–Crippen LogP) is 3.20. The number of hydrogen-bond acceptors (Lipinski definition) is 4. The third kappa shape index (κ3) is 5.37. The van der Waals surface area contributed by atoms with Crippen molar-refractivity contribution in [3.8, 4) is 5.88 Å². The largest absolute Gasteiger partial charge is 0.478 e. The zero-order valence-corrected chi connectivity index (χ0v) is 12.5. The third-order valence-corrected chi connectivity index (χ3v) is 3.74. The van der Waals surface area contributed by atoms with Crippen molar-refractivity contribution in [3.05, 3.63) is 18.2 Å². The highest BCUT2D eigenvalue weighted by Crippen LogP contribution is 2.17. The van der Waals surface area contributed by atoms with Crippen LogP contribution in [0.1, 0.15) is 45.4 Å². The number of aromatic nitrogens is 1. The van der Waals surface area contributed by atoms with Gasteiger partial charge in [0.15, 0.2) is 0 Å². The number of pyridine rings is 1. The number of ether oxygens (including phenoxy) is 1. The van der Waals surface area contributed by atoms with E-state index in [1.165, 1.54) is 38.5 Å². The average Bonchev–Trinajstić information content (AvgIpc) is 2.73. The van der Waals surface area contributed by atoms with Gasteiger partial charge >= 0.3 is 0 Å². The molecule has 20 heavy (non-hydrogen) atoms. The molecule has 0 aliphatic heterocycles. The minimum atomic E-state index is 0.652. The molecule has 0 radical (unpaired) electrons. The zero-order chi connectivity index (χ0) is 14.0. The second kappa shape index (κ2) is 8.80. The Labute approximate surface area is 122 Å². The van der Waals surface area contributed by atoms with E-state index in [4.69, 9.17) is 4.74 Å². The number of rotatable bonds is 7. The summed E-state index contributed by atoms with van der Waals surface area (Å²) in [5, 5.41) is 7.00. The molecule has 1 saturated carbocycles. The molecule has 0 unspecified atom stereocenters. The Kier molecular flexibility index (Phi) is 6.64. The maximum atomic E-state index is 5.40. The van der Waals surface area contributed by atoms with Gasteiger partial charge in [0.2, 0.25) is 5.88 Å². The first-order chi connectivity index (χ1) is 9.88. The van der Waals surface area contributed by atoms with Crippen LogP contribution < -0.4 is 15.4 Å².